The van der Waals surface area contributed by atoms with E-state index < -0.39 is 16.8 Å². The molecule has 0 N–H and O–H groups in total. The highest BCUT2D eigenvalue weighted by molar-refractivity contribution is 5.68. The second-order valence-electron chi connectivity index (χ2n) is 3.07. The largest absolute Gasteiger partial charge is 0.490 e. The van der Waals surface area contributed by atoms with Crippen molar-refractivity contribution in [3.05, 3.63) is 16.4 Å². The summed E-state index contributed by atoms with van der Waals surface area (Å²) in [4.78, 5) is 24.1. The van der Waals surface area contributed by atoms with Crippen LogP contribution in [0.3, 0.4) is 0 Å². The number of nitro groups is 1. The lowest BCUT2D eigenvalue weighted by Crippen LogP contribution is -2.14. The molecule has 0 aliphatic rings. The molecule has 0 spiro atoms. The number of rotatable bonds is 6. The van der Waals surface area contributed by atoms with E-state index in [1.165, 1.54) is 0 Å². The van der Waals surface area contributed by atoms with E-state index in [1.807, 2.05) is 6.92 Å². The van der Waals surface area contributed by atoms with Gasteiger partial charge >= 0.3 is 11.9 Å². The normalized spacial score (nSPS) is 10.1. The number of aromatic nitrogens is 3. The zero-order valence-corrected chi connectivity index (χ0v) is 8.83. The van der Waals surface area contributed by atoms with Gasteiger partial charge in [-0.25, -0.2) is 4.79 Å². The summed E-state index contributed by atoms with van der Waals surface area (Å²) in [5.74, 6) is -1.00. The summed E-state index contributed by atoms with van der Waals surface area (Å²) in [7, 11) is 0. The molecular formula is C8H12N4O4. The first-order valence-electron chi connectivity index (χ1n) is 4.83. The average molecular weight is 228 g/mol. The van der Waals surface area contributed by atoms with Crippen LogP contribution in [0.15, 0.2) is 6.33 Å². The molecule has 8 nitrogen and oxygen atoms in total. The van der Waals surface area contributed by atoms with Gasteiger partial charge in [-0.3, -0.25) is 0 Å². The summed E-state index contributed by atoms with van der Waals surface area (Å²) in [5, 5.41) is 13.7. The number of carbonyl (C=O) groups is 1. The molecule has 0 radical (unpaired) electrons. The molecule has 88 valence electrons. The fourth-order valence-electron chi connectivity index (χ4n) is 0.953. The lowest BCUT2D eigenvalue weighted by Gasteiger charge is -2.01. The van der Waals surface area contributed by atoms with E-state index in [2.05, 4.69) is 10.1 Å². The van der Waals surface area contributed by atoms with Crippen LogP contribution in [0, 0.1) is 10.1 Å². The third kappa shape index (κ3) is 3.64. The lowest BCUT2D eigenvalue weighted by atomic mass is 10.4. The van der Waals surface area contributed by atoms with Gasteiger partial charge < -0.3 is 14.9 Å². The predicted molar refractivity (Wildman–Crippen MR) is 52.5 cm³/mol. The Bertz CT molecular complexity index is 376. The molecule has 1 heterocycles. The summed E-state index contributed by atoms with van der Waals surface area (Å²) in [6.07, 6.45) is 2.85. The van der Waals surface area contributed by atoms with Gasteiger partial charge in [0.2, 0.25) is 6.33 Å². The van der Waals surface area contributed by atoms with Gasteiger partial charge in [0, 0.05) is 5.10 Å². The van der Waals surface area contributed by atoms with Gasteiger partial charge in [0.15, 0.2) is 6.54 Å². The zero-order chi connectivity index (χ0) is 12.0. The third-order valence-electron chi connectivity index (χ3n) is 1.74. The molecule has 1 aromatic rings. The van der Waals surface area contributed by atoms with Crippen molar-refractivity contribution in [3.8, 4) is 0 Å². The van der Waals surface area contributed by atoms with Crippen LogP contribution >= 0.6 is 0 Å². The van der Waals surface area contributed by atoms with Crippen molar-refractivity contribution in [1.29, 1.82) is 0 Å². The van der Waals surface area contributed by atoms with Crippen molar-refractivity contribution in [2.75, 3.05) is 6.61 Å². The second kappa shape index (κ2) is 5.79. The molecule has 1 rings (SSSR count). The Kier molecular flexibility index (Phi) is 4.37. The number of unbranched alkanes of at least 4 members (excludes halogenated alkanes) is 1. The molecule has 0 unspecified atom stereocenters. The quantitative estimate of drug-likeness (QED) is 0.304. The van der Waals surface area contributed by atoms with E-state index in [4.69, 9.17) is 4.74 Å². The maximum Gasteiger partial charge on any atom is 0.490 e. The maximum atomic E-state index is 11.2. The molecule has 0 aromatic carbocycles. The highest BCUT2D eigenvalue weighted by Gasteiger charge is 2.15. The van der Waals surface area contributed by atoms with Gasteiger partial charge in [-0.15, -0.1) is 0 Å². The Morgan fingerprint density at radius 2 is 2.44 bits per heavy atom. The summed E-state index contributed by atoms with van der Waals surface area (Å²) >= 11 is 0. The first kappa shape index (κ1) is 12.1. The van der Waals surface area contributed by atoms with Gasteiger partial charge in [-0.1, -0.05) is 18.3 Å². The third-order valence-corrected chi connectivity index (χ3v) is 1.74. The van der Waals surface area contributed by atoms with Crippen molar-refractivity contribution >= 4 is 11.9 Å². The minimum absolute atomic E-state index is 0.162. The van der Waals surface area contributed by atoms with Crippen LogP contribution in [0.1, 0.15) is 19.8 Å². The van der Waals surface area contributed by atoms with Crippen molar-refractivity contribution in [3.63, 3.8) is 0 Å². The summed E-state index contributed by atoms with van der Waals surface area (Å²) in [6.45, 7) is 2.17. The second-order valence-corrected chi connectivity index (χ2v) is 3.07. The fraction of sp³-hybridized carbons (Fsp3) is 0.625. The van der Waals surface area contributed by atoms with E-state index >= 15 is 0 Å². The summed E-state index contributed by atoms with van der Waals surface area (Å²) < 4.78 is 5.93. The Hall–Kier alpha value is -1.99. The lowest BCUT2D eigenvalue weighted by molar-refractivity contribution is -0.394. The van der Waals surface area contributed by atoms with Gasteiger partial charge in [0.25, 0.3) is 0 Å². The minimum Gasteiger partial charge on any atom is -0.464 e. The average Bonchev–Trinajstić information content (AvgIpc) is 2.66. The van der Waals surface area contributed by atoms with Gasteiger partial charge in [0.1, 0.15) is 0 Å². The van der Waals surface area contributed by atoms with Crippen molar-refractivity contribution < 1.29 is 14.5 Å². The molecule has 0 fully saturated rings. The van der Waals surface area contributed by atoms with E-state index in [-0.39, 0.29) is 6.54 Å². The highest BCUT2D eigenvalue weighted by Crippen LogP contribution is 2.00. The predicted octanol–water partition coefficient (Wildman–Crippen LogP) is 0.530. The molecular weight excluding hydrogens is 216 g/mol. The Morgan fingerprint density at radius 3 is 3.00 bits per heavy atom. The van der Waals surface area contributed by atoms with E-state index in [9.17, 15) is 14.9 Å². The fourth-order valence-corrected chi connectivity index (χ4v) is 0.953. The van der Waals surface area contributed by atoms with Crippen LogP contribution in [-0.2, 0) is 16.1 Å². The highest BCUT2D eigenvalue weighted by atomic mass is 16.6. The molecule has 0 saturated heterocycles. The molecule has 0 amide bonds. The van der Waals surface area contributed by atoms with Crippen LogP contribution in [-0.4, -0.2) is 32.3 Å². The Morgan fingerprint density at radius 1 is 1.69 bits per heavy atom. The van der Waals surface area contributed by atoms with Crippen LogP contribution in [0.2, 0.25) is 0 Å². The monoisotopic (exact) mass is 228 g/mol. The van der Waals surface area contributed by atoms with Crippen molar-refractivity contribution in [2.24, 2.45) is 0 Å². The Labute approximate surface area is 91.4 Å². The van der Waals surface area contributed by atoms with Crippen LogP contribution in [0.5, 0.6) is 0 Å². The van der Waals surface area contributed by atoms with Crippen LogP contribution < -0.4 is 0 Å². The Balaban J connectivity index is 2.40. The van der Waals surface area contributed by atoms with Gasteiger partial charge in [-0.05, 0) is 11.3 Å². The molecule has 0 aliphatic heterocycles. The molecule has 1 aromatic heterocycles. The molecule has 0 atom stereocenters. The molecule has 0 aliphatic carbocycles. The number of carbonyl (C=O) groups excluding carboxylic acids is 1. The van der Waals surface area contributed by atoms with Crippen LogP contribution in [0.25, 0.3) is 0 Å². The summed E-state index contributed by atoms with van der Waals surface area (Å²) in [6, 6.07) is 0. The number of hydrogen-bond donors (Lipinski definition) is 0. The zero-order valence-electron chi connectivity index (χ0n) is 8.83. The SMILES string of the molecule is CCCCOC(=O)Cn1cnc([N+](=O)[O-])n1. The molecule has 16 heavy (non-hydrogen) atoms. The van der Waals surface area contributed by atoms with Crippen LogP contribution in [0.4, 0.5) is 5.95 Å². The number of hydrogen-bond acceptors (Lipinski definition) is 6. The number of ether oxygens (including phenoxy) is 1. The topological polar surface area (TPSA) is 100 Å². The minimum atomic E-state index is -0.723. The van der Waals surface area contributed by atoms with Crippen molar-refractivity contribution in [1.82, 2.24) is 14.8 Å². The van der Waals surface area contributed by atoms with E-state index in [1.54, 1.807) is 0 Å². The maximum absolute atomic E-state index is 11.2. The van der Waals surface area contributed by atoms with Crippen molar-refractivity contribution in [2.45, 2.75) is 26.3 Å². The van der Waals surface area contributed by atoms with Gasteiger partial charge in [-0.2, -0.15) is 4.68 Å². The van der Waals surface area contributed by atoms with Gasteiger partial charge in [0.05, 0.1) is 6.61 Å². The summed E-state index contributed by atoms with van der Waals surface area (Å²) in [5.41, 5.74) is 0. The number of esters is 1. The smallest absolute Gasteiger partial charge is 0.464 e. The molecule has 8 heteroatoms. The molecule has 0 saturated carbocycles. The molecule has 0 bridgehead atoms. The first-order chi connectivity index (χ1) is 7.63. The van der Waals surface area contributed by atoms with E-state index in [0.29, 0.717) is 6.61 Å². The first-order valence-corrected chi connectivity index (χ1v) is 4.83. The standard InChI is InChI=1S/C8H12N4O4/c1-2-3-4-16-7(13)5-11-6-9-8(10-11)12(14)15/h6H,2-5H2,1H3. The number of nitrogens with zero attached hydrogens (tertiary/aromatic N) is 4. The van der Waals surface area contributed by atoms with E-state index in [0.717, 1.165) is 23.9 Å².